The number of rotatable bonds is 2. The van der Waals surface area contributed by atoms with Crippen LogP contribution in [0.4, 0.5) is 11.4 Å². The Morgan fingerprint density at radius 3 is 3.00 bits per heavy atom. The van der Waals surface area contributed by atoms with Gasteiger partial charge in [-0.3, -0.25) is 5.10 Å². The fourth-order valence-corrected chi connectivity index (χ4v) is 3.08. The van der Waals surface area contributed by atoms with Crippen molar-refractivity contribution in [3.63, 3.8) is 0 Å². The molecule has 1 aliphatic rings. The van der Waals surface area contributed by atoms with E-state index >= 15 is 0 Å². The number of anilines is 2. The molecule has 2 aromatic rings. The molecule has 0 radical (unpaired) electrons. The summed E-state index contributed by atoms with van der Waals surface area (Å²) in [6.07, 6.45) is 6.93. The van der Waals surface area contributed by atoms with E-state index in [1.54, 1.807) is 6.20 Å². The molecular weight excluding hydrogens is 236 g/mol. The number of hydrogen-bond donors (Lipinski definition) is 3. The third-order valence-electron chi connectivity index (χ3n) is 4.45. The van der Waals surface area contributed by atoms with Crippen LogP contribution in [0.1, 0.15) is 39.5 Å². The maximum Gasteiger partial charge on any atom is 0.0672 e. The summed E-state index contributed by atoms with van der Waals surface area (Å²) in [6.45, 7) is 4.68. The molecule has 1 aliphatic carbocycles. The summed E-state index contributed by atoms with van der Waals surface area (Å²) in [7, 11) is 0. The molecule has 1 atom stereocenters. The van der Waals surface area contributed by atoms with Gasteiger partial charge in [0.2, 0.25) is 0 Å². The molecular formula is C15H22N4. The van der Waals surface area contributed by atoms with Crippen molar-refractivity contribution in [1.29, 1.82) is 0 Å². The number of nitrogens with two attached hydrogens (primary N) is 1. The zero-order chi connectivity index (χ0) is 13.5. The first-order valence-corrected chi connectivity index (χ1v) is 7.05. The van der Waals surface area contributed by atoms with Crippen LogP contribution >= 0.6 is 0 Å². The van der Waals surface area contributed by atoms with Crippen LogP contribution in [0.5, 0.6) is 0 Å². The monoisotopic (exact) mass is 258 g/mol. The van der Waals surface area contributed by atoms with E-state index in [4.69, 9.17) is 5.73 Å². The van der Waals surface area contributed by atoms with Gasteiger partial charge in [0.15, 0.2) is 0 Å². The molecule has 1 aromatic heterocycles. The number of nitrogens with one attached hydrogen (secondary N) is 2. The fraction of sp³-hybridized carbons (Fsp3) is 0.533. The number of nitrogen functional groups attached to an aromatic ring is 1. The number of benzene rings is 1. The molecule has 0 saturated heterocycles. The molecule has 102 valence electrons. The van der Waals surface area contributed by atoms with E-state index in [1.807, 2.05) is 6.07 Å². The smallest absolute Gasteiger partial charge is 0.0672 e. The van der Waals surface area contributed by atoms with Gasteiger partial charge in [-0.1, -0.05) is 26.7 Å². The van der Waals surface area contributed by atoms with E-state index in [9.17, 15) is 0 Å². The van der Waals surface area contributed by atoms with Crippen LogP contribution in [0.2, 0.25) is 0 Å². The third kappa shape index (κ3) is 2.27. The molecule has 0 spiro atoms. The highest BCUT2D eigenvalue weighted by atomic mass is 15.1. The second-order valence-electron chi connectivity index (χ2n) is 6.33. The molecule has 1 heterocycles. The molecule has 1 fully saturated rings. The van der Waals surface area contributed by atoms with E-state index in [-0.39, 0.29) is 0 Å². The van der Waals surface area contributed by atoms with Gasteiger partial charge in [0.1, 0.15) is 0 Å². The van der Waals surface area contributed by atoms with E-state index in [2.05, 4.69) is 35.4 Å². The van der Waals surface area contributed by atoms with Crippen LogP contribution < -0.4 is 11.1 Å². The lowest BCUT2D eigenvalue weighted by atomic mass is 9.73. The number of H-pyrrole nitrogens is 1. The van der Waals surface area contributed by atoms with Crippen LogP contribution in [0, 0.1) is 5.41 Å². The van der Waals surface area contributed by atoms with E-state index in [0.717, 1.165) is 22.3 Å². The van der Waals surface area contributed by atoms with Gasteiger partial charge in [0.05, 0.1) is 23.1 Å². The van der Waals surface area contributed by atoms with Crippen LogP contribution in [0.15, 0.2) is 18.3 Å². The molecule has 4 N–H and O–H groups in total. The SMILES string of the molecule is CC1(C)CCCCC1Nc1cc2[nH]ncc2cc1N. The third-order valence-corrected chi connectivity index (χ3v) is 4.45. The Kier molecular flexibility index (Phi) is 2.88. The maximum atomic E-state index is 6.15. The number of aromatic amines is 1. The summed E-state index contributed by atoms with van der Waals surface area (Å²) in [5, 5.41) is 11.8. The maximum absolute atomic E-state index is 6.15. The Morgan fingerprint density at radius 1 is 1.37 bits per heavy atom. The summed E-state index contributed by atoms with van der Waals surface area (Å²) in [5.41, 5.74) is 9.33. The minimum absolute atomic E-state index is 0.327. The fourth-order valence-electron chi connectivity index (χ4n) is 3.08. The number of hydrogen-bond acceptors (Lipinski definition) is 3. The summed E-state index contributed by atoms with van der Waals surface area (Å²) in [6, 6.07) is 4.54. The predicted molar refractivity (Wildman–Crippen MR) is 80.2 cm³/mol. The van der Waals surface area contributed by atoms with Crippen LogP contribution in [-0.2, 0) is 0 Å². The highest BCUT2D eigenvalue weighted by Crippen LogP contribution is 2.38. The van der Waals surface area contributed by atoms with Gasteiger partial charge in [-0.25, -0.2) is 0 Å². The van der Waals surface area contributed by atoms with Gasteiger partial charge in [-0.15, -0.1) is 0 Å². The Hall–Kier alpha value is -1.71. The van der Waals surface area contributed by atoms with Crippen molar-refractivity contribution < 1.29 is 0 Å². The highest BCUT2D eigenvalue weighted by Gasteiger charge is 2.32. The highest BCUT2D eigenvalue weighted by molar-refractivity contribution is 5.88. The van der Waals surface area contributed by atoms with Gasteiger partial charge in [-0.05, 0) is 30.4 Å². The second kappa shape index (κ2) is 4.44. The quantitative estimate of drug-likeness (QED) is 0.722. The molecule has 0 amide bonds. The van der Waals surface area contributed by atoms with Crippen LogP contribution in [0.3, 0.4) is 0 Å². The van der Waals surface area contributed by atoms with Crippen molar-refractivity contribution in [3.05, 3.63) is 18.3 Å². The lowest BCUT2D eigenvalue weighted by Gasteiger charge is -2.39. The molecule has 0 aliphatic heterocycles. The Balaban J connectivity index is 1.89. The molecule has 3 rings (SSSR count). The Morgan fingerprint density at radius 2 is 2.21 bits per heavy atom. The minimum Gasteiger partial charge on any atom is -0.397 e. The van der Waals surface area contributed by atoms with Crippen LogP contribution in [-0.4, -0.2) is 16.2 Å². The normalized spacial score (nSPS) is 22.5. The Bertz CT molecular complexity index is 585. The Labute approximate surface area is 113 Å². The lowest BCUT2D eigenvalue weighted by Crippen LogP contribution is -2.39. The second-order valence-corrected chi connectivity index (χ2v) is 6.33. The first-order valence-electron chi connectivity index (χ1n) is 7.05. The summed E-state index contributed by atoms with van der Waals surface area (Å²) < 4.78 is 0. The lowest BCUT2D eigenvalue weighted by molar-refractivity contribution is 0.217. The predicted octanol–water partition coefficient (Wildman–Crippen LogP) is 3.53. The van der Waals surface area contributed by atoms with Gasteiger partial charge >= 0.3 is 0 Å². The average Bonchev–Trinajstić information content (AvgIpc) is 2.79. The zero-order valence-corrected chi connectivity index (χ0v) is 11.7. The van der Waals surface area contributed by atoms with E-state index in [1.165, 1.54) is 25.7 Å². The van der Waals surface area contributed by atoms with Crippen molar-refractivity contribution in [1.82, 2.24) is 10.2 Å². The van der Waals surface area contributed by atoms with Crippen LogP contribution in [0.25, 0.3) is 10.9 Å². The van der Waals surface area contributed by atoms with Crippen molar-refractivity contribution in [2.45, 2.75) is 45.6 Å². The van der Waals surface area contributed by atoms with Crippen molar-refractivity contribution >= 4 is 22.3 Å². The molecule has 1 unspecified atom stereocenters. The molecule has 4 heteroatoms. The molecule has 1 aromatic carbocycles. The molecule has 0 bridgehead atoms. The largest absolute Gasteiger partial charge is 0.397 e. The van der Waals surface area contributed by atoms with Gasteiger partial charge in [0, 0.05) is 11.4 Å². The summed E-state index contributed by atoms with van der Waals surface area (Å²) in [4.78, 5) is 0. The minimum atomic E-state index is 0.327. The standard InChI is InChI=1S/C15H22N4/c1-15(2)6-4-3-5-14(15)18-13-8-12-10(7-11(13)16)9-17-19-12/h7-9,14,18H,3-6,16H2,1-2H3,(H,17,19). The van der Waals surface area contributed by atoms with Crippen molar-refractivity contribution in [3.8, 4) is 0 Å². The van der Waals surface area contributed by atoms with Gasteiger partial charge < -0.3 is 11.1 Å². The average molecular weight is 258 g/mol. The summed E-state index contributed by atoms with van der Waals surface area (Å²) in [5.74, 6) is 0. The van der Waals surface area contributed by atoms with E-state index < -0.39 is 0 Å². The van der Waals surface area contributed by atoms with Gasteiger partial charge in [0.25, 0.3) is 0 Å². The number of aromatic nitrogens is 2. The zero-order valence-electron chi connectivity index (χ0n) is 11.7. The molecule has 19 heavy (non-hydrogen) atoms. The molecule has 4 nitrogen and oxygen atoms in total. The number of fused-ring (bicyclic) bond motifs is 1. The van der Waals surface area contributed by atoms with Crippen molar-refractivity contribution in [2.24, 2.45) is 5.41 Å². The first-order chi connectivity index (χ1) is 9.06. The van der Waals surface area contributed by atoms with E-state index in [0.29, 0.717) is 11.5 Å². The van der Waals surface area contributed by atoms with Gasteiger partial charge in [-0.2, -0.15) is 5.10 Å². The first kappa shape index (κ1) is 12.3. The number of nitrogens with zero attached hydrogens (tertiary/aromatic N) is 1. The topological polar surface area (TPSA) is 66.7 Å². The molecule has 1 saturated carbocycles. The summed E-state index contributed by atoms with van der Waals surface area (Å²) >= 11 is 0. The van der Waals surface area contributed by atoms with Crippen molar-refractivity contribution in [2.75, 3.05) is 11.1 Å².